The van der Waals surface area contributed by atoms with Crippen LogP contribution in [0.25, 0.3) is 0 Å². The zero-order chi connectivity index (χ0) is 9.97. The number of nitrogens with zero attached hydrogens (tertiary/aromatic N) is 2. The van der Waals surface area contributed by atoms with Gasteiger partial charge in [-0.05, 0) is 12.8 Å². The summed E-state index contributed by atoms with van der Waals surface area (Å²) < 4.78 is 5.39. The van der Waals surface area contributed by atoms with Crippen molar-refractivity contribution >= 4 is 6.01 Å². The first-order chi connectivity index (χ1) is 6.74. The highest BCUT2D eigenvalue weighted by Crippen LogP contribution is 2.23. The predicted octanol–water partition coefficient (Wildman–Crippen LogP) is 1.14. The molecule has 1 aliphatic carbocycles. The maximum atomic E-state index is 5.39. The minimum atomic E-state index is 0.432. The Balaban J connectivity index is 1.82. The molecule has 0 atom stereocenters. The molecule has 0 unspecified atom stereocenters. The van der Waals surface area contributed by atoms with E-state index in [0.717, 1.165) is 0 Å². The highest BCUT2D eigenvalue weighted by Gasteiger charge is 2.23. The van der Waals surface area contributed by atoms with E-state index in [-0.39, 0.29) is 0 Å². The second kappa shape index (κ2) is 3.96. The standard InChI is InChI=1S/C9H16N4O/c1-6(2)10-5-8-12-13-9(14-8)11-7-3-4-7/h6-7,10H,3-5H2,1-2H3,(H,11,13). The molecule has 0 aromatic carbocycles. The lowest BCUT2D eigenvalue weighted by Crippen LogP contribution is -2.21. The maximum Gasteiger partial charge on any atom is 0.315 e. The molecule has 1 aromatic heterocycles. The van der Waals surface area contributed by atoms with Crippen molar-refractivity contribution in [2.45, 2.75) is 45.3 Å². The van der Waals surface area contributed by atoms with E-state index in [1.807, 2.05) is 0 Å². The van der Waals surface area contributed by atoms with E-state index in [2.05, 4.69) is 34.7 Å². The molecule has 2 rings (SSSR count). The SMILES string of the molecule is CC(C)NCc1nnc(NC2CC2)o1. The summed E-state index contributed by atoms with van der Waals surface area (Å²) in [6, 6.07) is 1.54. The molecule has 2 N–H and O–H groups in total. The molecular formula is C9H16N4O. The van der Waals surface area contributed by atoms with Crippen LogP contribution in [0.15, 0.2) is 4.42 Å². The van der Waals surface area contributed by atoms with Crippen LogP contribution in [0.4, 0.5) is 6.01 Å². The molecule has 0 saturated heterocycles. The molecular weight excluding hydrogens is 180 g/mol. The molecule has 14 heavy (non-hydrogen) atoms. The van der Waals surface area contributed by atoms with Gasteiger partial charge in [0.25, 0.3) is 0 Å². The number of hydrogen-bond donors (Lipinski definition) is 2. The monoisotopic (exact) mass is 196 g/mol. The minimum absolute atomic E-state index is 0.432. The Morgan fingerprint density at radius 1 is 1.43 bits per heavy atom. The van der Waals surface area contributed by atoms with E-state index in [1.54, 1.807) is 0 Å². The van der Waals surface area contributed by atoms with Crippen LogP contribution >= 0.6 is 0 Å². The topological polar surface area (TPSA) is 63.0 Å². The Labute approximate surface area is 83.3 Å². The molecule has 0 bridgehead atoms. The third-order valence-electron chi connectivity index (χ3n) is 2.03. The zero-order valence-electron chi connectivity index (χ0n) is 8.58. The van der Waals surface area contributed by atoms with Crippen LogP contribution in [-0.2, 0) is 6.54 Å². The van der Waals surface area contributed by atoms with Crippen LogP contribution in [0.1, 0.15) is 32.6 Å². The molecule has 0 amide bonds. The fraction of sp³-hybridized carbons (Fsp3) is 0.778. The minimum Gasteiger partial charge on any atom is -0.407 e. The second-order valence-electron chi connectivity index (χ2n) is 3.96. The maximum absolute atomic E-state index is 5.39. The van der Waals surface area contributed by atoms with E-state index in [0.29, 0.717) is 30.5 Å². The quantitative estimate of drug-likeness (QED) is 0.739. The Morgan fingerprint density at radius 2 is 2.21 bits per heavy atom. The van der Waals surface area contributed by atoms with Gasteiger partial charge in [0.15, 0.2) is 0 Å². The van der Waals surface area contributed by atoms with Crippen LogP contribution in [0.5, 0.6) is 0 Å². The summed E-state index contributed by atoms with van der Waals surface area (Å²) in [7, 11) is 0. The first-order valence-electron chi connectivity index (χ1n) is 5.06. The average molecular weight is 196 g/mol. The van der Waals surface area contributed by atoms with Crippen molar-refractivity contribution in [3.63, 3.8) is 0 Å². The van der Waals surface area contributed by atoms with Gasteiger partial charge >= 0.3 is 6.01 Å². The first-order valence-corrected chi connectivity index (χ1v) is 5.06. The summed E-state index contributed by atoms with van der Waals surface area (Å²) in [5.41, 5.74) is 0. The molecule has 1 saturated carbocycles. The van der Waals surface area contributed by atoms with Gasteiger partial charge in [-0.15, -0.1) is 5.10 Å². The smallest absolute Gasteiger partial charge is 0.315 e. The van der Waals surface area contributed by atoms with Crippen molar-refractivity contribution in [2.24, 2.45) is 0 Å². The van der Waals surface area contributed by atoms with E-state index in [1.165, 1.54) is 12.8 Å². The Kier molecular flexibility index (Phi) is 2.67. The van der Waals surface area contributed by atoms with Gasteiger partial charge < -0.3 is 15.1 Å². The number of nitrogens with one attached hydrogen (secondary N) is 2. The van der Waals surface area contributed by atoms with Gasteiger partial charge in [0.1, 0.15) is 0 Å². The largest absolute Gasteiger partial charge is 0.407 e. The van der Waals surface area contributed by atoms with E-state index < -0.39 is 0 Å². The van der Waals surface area contributed by atoms with E-state index >= 15 is 0 Å². The summed E-state index contributed by atoms with van der Waals surface area (Å²) >= 11 is 0. The summed E-state index contributed by atoms with van der Waals surface area (Å²) in [6.07, 6.45) is 2.42. The van der Waals surface area contributed by atoms with Crippen LogP contribution in [0.3, 0.4) is 0 Å². The van der Waals surface area contributed by atoms with Gasteiger partial charge in [-0.25, -0.2) is 0 Å². The lowest BCUT2D eigenvalue weighted by molar-refractivity contribution is 0.458. The van der Waals surface area contributed by atoms with Gasteiger partial charge in [-0.3, -0.25) is 0 Å². The van der Waals surface area contributed by atoms with Crippen molar-refractivity contribution in [3.05, 3.63) is 5.89 Å². The van der Waals surface area contributed by atoms with Crippen molar-refractivity contribution < 1.29 is 4.42 Å². The van der Waals surface area contributed by atoms with Gasteiger partial charge in [-0.1, -0.05) is 18.9 Å². The highest BCUT2D eigenvalue weighted by molar-refractivity contribution is 5.22. The third-order valence-corrected chi connectivity index (χ3v) is 2.03. The summed E-state index contributed by atoms with van der Waals surface area (Å²) in [5.74, 6) is 0.641. The van der Waals surface area contributed by atoms with Crippen molar-refractivity contribution in [1.82, 2.24) is 15.5 Å². The third kappa shape index (κ3) is 2.70. The number of anilines is 1. The van der Waals surface area contributed by atoms with Gasteiger partial charge in [0, 0.05) is 12.1 Å². The lowest BCUT2D eigenvalue weighted by Gasteiger charge is -2.03. The highest BCUT2D eigenvalue weighted by atomic mass is 16.4. The Morgan fingerprint density at radius 3 is 2.86 bits per heavy atom. The zero-order valence-corrected chi connectivity index (χ0v) is 8.58. The van der Waals surface area contributed by atoms with E-state index in [4.69, 9.17) is 4.42 Å². The number of rotatable bonds is 5. The summed E-state index contributed by atoms with van der Waals surface area (Å²) in [4.78, 5) is 0. The van der Waals surface area contributed by atoms with E-state index in [9.17, 15) is 0 Å². The summed E-state index contributed by atoms with van der Waals surface area (Å²) in [5, 5.41) is 14.2. The molecule has 5 nitrogen and oxygen atoms in total. The second-order valence-corrected chi connectivity index (χ2v) is 3.96. The fourth-order valence-electron chi connectivity index (χ4n) is 1.08. The molecule has 0 aliphatic heterocycles. The molecule has 1 heterocycles. The van der Waals surface area contributed by atoms with Crippen LogP contribution in [-0.4, -0.2) is 22.3 Å². The van der Waals surface area contributed by atoms with Crippen molar-refractivity contribution in [3.8, 4) is 0 Å². The average Bonchev–Trinajstić information content (AvgIpc) is 2.81. The van der Waals surface area contributed by atoms with Crippen molar-refractivity contribution in [2.75, 3.05) is 5.32 Å². The Bertz CT molecular complexity index is 293. The van der Waals surface area contributed by atoms with Crippen LogP contribution in [0.2, 0.25) is 0 Å². The van der Waals surface area contributed by atoms with Crippen molar-refractivity contribution in [1.29, 1.82) is 0 Å². The molecule has 0 radical (unpaired) electrons. The predicted molar refractivity (Wildman–Crippen MR) is 52.9 cm³/mol. The molecule has 1 aliphatic rings. The fourth-order valence-corrected chi connectivity index (χ4v) is 1.08. The number of hydrogen-bond acceptors (Lipinski definition) is 5. The molecule has 1 aromatic rings. The lowest BCUT2D eigenvalue weighted by atomic mass is 10.4. The molecule has 5 heteroatoms. The number of aromatic nitrogens is 2. The van der Waals surface area contributed by atoms with Crippen LogP contribution in [0, 0.1) is 0 Å². The summed E-state index contributed by atoms with van der Waals surface area (Å²) in [6.45, 7) is 4.80. The molecule has 1 fully saturated rings. The normalized spacial score (nSPS) is 16.2. The van der Waals surface area contributed by atoms with Gasteiger partial charge in [-0.2, -0.15) is 0 Å². The Hall–Kier alpha value is -1.10. The van der Waals surface area contributed by atoms with Crippen LogP contribution < -0.4 is 10.6 Å². The first kappa shape index (κ1) is 9.45. The van der Waals surface area contributed by atoms with Gasteiger partial charge in [0.05, 0.1) is 6.54 Å². The molecule has 0 spiro atoms. The van der Waals surface area contributed by atoms with Gasteiger partial charge in [0.2, 0.25) is 5.89 Å². The molecule has 78 valence electrons.